The molecule has 1 aromatic rings. The Morgan fingerprint density at radius 3 is 2.94 bits per heavy atom. The minimum Gasteiger partial charge on any atom is -0.333 e. The first kappa shape index (κ1) is 12.5. The zero-order valence-electron chi connectivity index (χ0n) is 9.54. The van der Waals surface area contributed by atoms with Gasteiger partial charge in [0, 0.05) is 35.7 Å². The summed E-state index contributed by atoms with van der Waals surface area (Å²) >= 11 is 3.20. The third-order valence-corrected chi connectivity index (χ3v) is 3.33. The van der Waals surface area contributed by atoms with Gasteiger partial charge in [0.25, 0.3) is 5.91 Å². The maximum Gasteiger partial charge on any atom is 0.254 e. The van der Waals surface area contributed by atoms with Gasteiger partial charge < -0.3 is 10.2 Å². The van der Waals surface area contributed by atoms with Gasteiger partial charge in [0.2, 0.25) is 0 Å². The molecule has 1 aromatic carbocycles. The van der Waals surface area contributed by atoms with Crippen LogP contribution in [0.15, 0.2) is 22.7 Å². The van der Waals surface area contributed by atoms with E-state index in [0.29, 0.717) is 16.6 Å². The number of hydrogen-bond donors (Lipinski definition) is 1. The van der Waals surface area contributed by atoms with Gasteiger partial charge in [-0.3, -0.25) is 4.79 Å². The van der Waals surface area contributed by atoms with E-state index in [1.807, 2.05) is 6.92 Å². The monoisotopic (exact) mass is 300 g/mol. The fourth-order valence-electron chi connectivity index (χ4n) is 1.99. The maximum atomic E-state index is 13.2. The van der Waals surface area contributed by atoms with E-state index in [1.54, 1.807) is 11.0 Å². The lowest BCUT2D eigenvalue weighted by Gasteiger charge is -2.34. The molecule has 2 rings (SSSR count). The van der Waals surface area contributed by atoms with Crippen LogP contribution < -0.4 is 5.32 Å². The average molecular weight is 301 g/mol. The first-order chi connectivity index (χ1) is 8.08. The standard InChI is InChI=1S/C12H14BrFN2O/c1-8-7-15-2-3-16(8)12(17)9-4-10(13)6-11(14)5-9/h4-6,8,15H,2-3,7H2,1H3/t8-/m0/s1. The number of rotatable bonds is 1. The Morgan fingerprint density at radius 1 is 1.53 bits per heavy atom. The molecule has 92 valence electrons. The van der Waals surface area contributed by atoms with E-state index in [4.69, 9.17) is 0 Å². The van der Waals surface area contributed by atoms with Crippen molar-refractivity contribution in [1.29, 1.82) is 0 Å². The van der Waals surface area contributed by atoms with E-state index >= 15 is 0 Å². The van der Waals surface area contributed by atoms with Crippen LogP contribution in [0.5, 0.6) is 0 Å². The van der Waals surface area contributed by atoms with Gasteiger partial charge in [0.15, 0.2) is 0 Å². The van der Waals surface area contributed by atoms with Crippen LogP contribution in [0.25, 0.3) is 0 Å². The van der Waals surface area contributed by atoms with Crippen LogP contribution in [0.3, 0.4) is 0 Å². The van der Waals surface area contributed by atoms with E-state index in [0.717, 1.165) is 13.1 Å². The summed E-state index contributed by atoms with van der Waals surface area (Å²) in [5.41, 5.74) is 0.394. The number of nitrogens with zero attached hydrogens (tertiary/aromatic N) is 1. The highest BCUT2D eigenvalue weighted by atomic mass is 79.9. The van der Waals surface area contributed by atoms with Crippen molar-refractivity contribution in [3.8, 4) is 0 Å². The predicted octanol–water partition coefficient (Wildman–Crippen LogP) is 2.02. The average Bonchev–Trinajstić information content (AvgIpc) is 2.27. The number of nitrogens with one attached hydrogen (secondary N) is 1. The number of carbonyl (C=O) groups excluding carboxylic acids is 1. The number of carbonyl (C=O) groups is 1. The quantitative estimate of drug-likeness (QED) is 0.861. The molecule has 17 heavy (non-hydrogen) atoms. The molecule has 1 amide bonds. The summed E-state index contributed by atoms with van der Waals surface area (Å²) in [6, 6.07) is 4.42. The highest BCUT2D eigenvalue weighted by Gasteiger charge is 2.24. The molecule has 0 spiro atoms. The van der Waals surface area contributed by atoms with Crippen LogP contribution in [0.2, 0.25) is 0 Å². The molecule has 0 aliphatic carbocycles. The fourth-order valence-corrected chi connectivity index (χ4v) is 2.45. The number of benzene rings is 1. The highest BCUT2D eigenvalue weighted by molar-refractivity contribution is 9.10. The lowest BCUT2D eigenvalue weighted by Crippen LogP contribution is -2.52. The van der Waals surface area contributed by atoms with Crippen LogP contribution in [-0.2, 0) is 0 Å². The summed E-state index contributed by atoms with van der Waals surface area (Å²) in [4.78, 5) is 14.0. The Bertz CT molecular complexity index is 418. The molecule has 3 nitrogen and oxygen atoms in total. The third-order valence-electron chi connectivity index (χ3n) is 2.87. The molecule has 1 aliphatic heterocycles. The molecule has 1 heterocycles. The van der Waals surface area contributed by atoms with E-state index in [-0.39, 0.29) is 11.9 Å². The van der Waals surface area contributed by atoms with Crippen LogP contribution in [0.1, 0.15) is 17.3 Å². The molecule has 0 radical (unpaired) electrons. The summed E-state index contributed by atoms with van der Waals surface area (Å²) in [6.07, 6.45) is 0. The molecule has 1 aliphatic rings. The molecule has 0 bridgehead atoms. The van der Waals surface area contributed by atoms with Crippen LogP contribution in [0.4, 0.5) is 4.39 Å². The summed E-state index contributed by atoms with van der Waals surface area (Å²) in [6.45, 7) is 4.21. The minimum absolute atomic E-state index is 0.112. The molecule has 1 N–H and O–H groups in total. The van der Waals surface area contributed by atoms with Crippen LogP contribution in [-0.4, -0.2) is 36.5 Å². The lowest BCUT2D eigenvalue weighted by atomic mass is 10.1. The molecule has 5 heteroatoms. The number of amides is 1. The first-order valence-corrected chi connectivity index (χ1v) is 6.35. The Labute approximate surface area is 108 Å². The second-order valence-electron chi connectivity index (χ2n) is 4.21. The molecule has 0 saturated carbocycles. The van der Waals surface area contributed by atoms with E-state index < -0.39 is 5.82 Å². The number of piperazine rings is 1. The summed E-state index contributed by atoms with van der Waals surface area (Å²) in [5.74, 6) is -0.510. The molecular weight excluding hydrogens is 287 g/mol. The predicted molar refractivity (Wildman–Crippen MR) is 67.5 cm³/mol. The van der Waals surface area contributed by atoms with Crippen LogP contribution in [0, 0.1) is 5.82 Å². The molecule has 1 saturated heterocycles. The van der Waals surface area contributed by atoms with Gasteiger partial charge in [-0.2, -0.15) is 0 Å². The molecule has 1 fully saturated rings. The second kappa shape index (κ2) is 5.14. The topological polar surface area (TPSA) is 32.3 Å². The Hall–Kier alpha value is -0.940. The zero-order valence-corrected chi connectivity index (χ0v) is 11.1. The maximum absolute atomic E-state index is 13.2. The van der Waals surface area contributed by atoms with E-state index in [2.05, 4.69) is 21.2 Å². The Morgan fingerprint density at radius 2 is 2.29 bits per heavy atom. The van der Waals surface area contributed by atoms with E-state index in [9.17, 15) is 9.18 Å². The van der Waals surface area contributed by atoms with Gasteiger partial charge in [-0.1, -0.05) is 15.9 Å². The van der Waals surface area contributed by atoms with Gasteiger partial charge in [0.05, 0.1) is 0 Å². The lowest BCUT2D eigenvalue weighted by molar-refractivity contribution is 0.0655. The van der Waals surface area contributed by atoms with E-state index in [1.165, 1.54) is 12.1 Å². The van der Waals surface area contributed by atoms with Gasteiger partial charge in [0.1, 0.15) is 5.82 Å². The smallest absolute Gasteiger partial charge is 0.254 e. The van der Waals surface area contributed by atoms with Crippen molar-refractivity contribution >= 4 is 21.8 Å². The van der Waals surface area contributed by atoms with Crippen molar-refractivity contribution in [2.24, 2.45) is 0 Å². The molecular formula is C12H14BrFN2O. The Balaban J connectivity index is 2.23. The van der Waals surface area contributed by atoms with Crippen LogP contribution >= 0.6 is 15.9 Å². The fraction of sp³-hybridized carbons (Fsp3) is 0.417. The molecule has 0 unspecified atom stereocenters. The number of hydrogen-bond acceptors (Lipinski definition) is 2. The van der Waals surface area contributed by atoms with Crippen molar-refractivity contribution in [3.63, 3.8) is 0 Å². The Kier molecular flexibility index (Phi) is 3.79. The highest BCUT2D eigenvalue weighted by Crippen LogP contribution is 2.17. The van der Waals surface area contributed by atoms with Gasteiger partial charge in [-0.05, 0) is 25.1 Å². The number of halogens is 2. The minimum atomic E-state index is -0.398. The summed E-state index contributed by atoms with van der Waals surface area (Å²) < 4.78 is 13.8. The second-order valence-corrected chi connectivity index (χ2v) is 5.13. The normalized spacial score (nSPS) is 20.4. The molecule has 0 aromatic heterocycles. The third kappa shape index (κ3) is 2.84. The first-order valence-electron chi connectivity index (χ1n) is 5.55. The van der Waals surface area contributed by atoms with Crippen molar-refractivity contribution in [2.75, 3.05) is 19.6 Å². The van der Waals surface area contributed by atoms with Gasteiger partial charge in [-0.25, -0.2) is 4.39 Å². The molecule has 1 atom stereocenters. The SMILES string of the molecule is C[C@H]1CNCCN1C(=O)c1cc(F)cc(Br)c1. The summed E-state index contributed by atoms with van der Waals surface area (Å²) in [7, 11) is 0. The largest absolute Gasteiger partial charge is 0.333 e. The van der Waals surface area contributed by atoms with Crippen molar-refractivity contribution in [3.05, 3.63) is 34.1 Å². The summed E-state index contributed by atoms with van der Waals surface area (Å²) in [5, 5.41) is 3.22. The van der Waals surface area contributed by atoms with Crippen molar-refractivity contribution in [2.45, 2.75) is 13.0 Å². The zero-order chi connectivity index (χ0) is 12.4. The van der Waals surface area contributed by atoms with Gasteiger partial charge >= 0.3 is 0 Å². The van der Waals surface area contributed by atoms with Crippen molar-refractivity contribution < 1.29 is 9.18 Å². The van der Waals surface area contributed by atoms with Gasteiger partial charge in [-0.15, -0.1) is 0 Å². The van der Waals surface area contributed by atoms with Crippen molar-refractivity contribution in [1.82, 2.24) is 10.2 Å².